The van der Waals surface area contributed by atoms with Crippen LogP contribution in [0, 0.1) is 17.0 Å². The predicted octanol–water partition coefficient (Wildman–Crippen LogP) is 0.956. The van der Waals surface area contributed by atoms with Crippen LogP contribution in [0.5, 0.6) is 0 Å². The van der Waals surface area contributed by atoms with Crippen molar-refractivity contribution in [1.82, 2.24) is 19.2 Å². The van der Waals surface area contributed by atoms with Gasteiger partial charge in [0, 0.05) is 70.6 Å². The molecule has 2 aliphatic rings. The number of nitro benzene ring substituents is 1. The van der Waals surface area contributed by atoms with Crippen LogP contribution in [-0.4, -0.2) is 91.9 Å². The van der Waals surface area contributed by atoms with Gasteiger partial charge in [-0.3, -0.25) is 10.1 Å². The zero-order valence-electron chi connectivity index (χ0n) is 18.2. The molecule has 2 fully saturated rings. The lowest BCUT2D eigenvalue weighted by molar-refractivity contribution is -0.384. The summed E-state index contributed by atoms with van der Waals surface area (Å²) in [6.45, 7) is 7.29. The summed E-state index contributed by atoms with van der Waals surface area (Å²) in [6, 6.07) is 6.99. The zero-order valence-corrected chi connectivity index (χ0v) is 19.0. The van der Waals surface area contributed by atoms with E-state index < -0.39 is 14.9 Å². The topological polar surface area (TPSA) is 116 Å². The first kappa shape index (κ1) is 22.4. The van der Waals surface area contributed by atoms with Gasteiger partial charge in [-0.25, -0.2) is 18.4 Å². The molecule has 0 atom stereocenters. The third-order valence-electron chi connectivity index (χ3n) is 5.89. The first-order valence-electron chi connectivity index (χ1n) is 10.5. The van der Waals surface area contributed by atoms with Crippen molar-refractivity contribution in [2.45, 2.75) is 11.8 Å². The molecular weight excluding hydrogens is 434 g/mol. The van der Waals surface area contributed by atoms with Gasteiger partial charge in [0.1, 0.15) is 17.5 Å². The summed E-state index contributed by atoms with van der Waals surface area (Å²) in [5, 5.41) is 10.8. The highest BCUT2D eigenvalue weighted by Crippen LogP contribution is 2.24. The lowest BCUT2D eigenvalue weighted by atomic mass is 10.3. The van der Waals surface area contributed by atoms with E-state index in [1.807, 2.05) is 13.0 Å². The number of hydrogen-bond acceptors (Lipinski definition) is 9. The van der Waals surface area contributed by atoms with Crippen molar-refractivity contribution >= 4 is 27.3 Å². The van der Waals surface area contributed by atoms with Crippen LogP contribution in [0.2, 0.25) is 0 Å². The number of rotatable bonds is 5. The van der Waals surface area contributed by atoms with Crippen LogP contribution < -0.4 is 9.80 Å². The second-order valence-electron chi connectivity index (χ2n) is 8.06. The maximum atomic E-state index is 13.0. The summed E-state index contributed by atoms with van der Waals surface area (Å²) in [6.07, 6.45) is 0. The van der Waals surface area contributed by atoms with Gasteiger partial charge in [-0.15, -0.1) is 0 Å². The number of hydrogen-bond donors (Lipinski definition) is 0. The van der Waals surface area contributed by atoms with Crippen LogP contribution in [0.1, 0.15) is 5.82 Å². The molecule has 2 aromatic rings. The van der Waals surface area contributed by atoms with E-state index in [1.54, 1.807) is 0 Å². The molecule has 0 amide bonds. The van der Waals surface area contributed by atoms with Crippen molar-refractivity contribution < 1.29 is 13.3 Å². The van der Waals surface area contributed by atoms with Crippen molar-refractivity contribution in [1.29, 1.82) is 0 Å². The van der Waals surface area contributed by atoms with Gasteiger partial charge in [0.05, 0.1) is 9.82 Å². The molecule has 0 unspecified atom stereocenters. The molecule has 1 aromatic carbocycles. The minimum atomic E-state index is -3.71. The van der Waals surface area contributed by atoms with Crippen LogP contribution in [-0.2, 0) is 10.0 Å². The van der Waals surface area contributed by atoms with Gasteiger partial charge in [0.15, 0.2) is 0 Å². The number of piperazine rings is 2. The van der Waals surface area contributed by atoms with Crippen LogP contribution in [0.3, 0.4) is 0 Å². The molecule has 3 heterocycles. The van der Waals surface area contributed by atoms with E-state index in [4.69, 9.17) is 0 Å². The quantitative estimate of drug-likeness (QED) is 0.474. The first-order chi connectivity index (χ1) is 15.2. The Hall–Kier alpha value is -2.83. The van der Waals surface area contributed by atoms with Crippen LogP contribution >= 0.6 is 0 Å². The molecule has 11 nitrogen and oxygen atoms in total. The molecule has 12 heteroatoms. The van der Waals surface area contributed by atoms with Crippen molar-refractivity contribution in [3.8, 4) is 0 Å². The monoisotopic (exact) mass is 461 g/mol. The Morgan fingerprint density at radius 2 is 1.38 bits per heavy atom. The van der Waals surface area contributed by atoms with E-state index in [0.717, 1.165) is 37.8 Å². The van der Waals surface area contributed by atoms with E-state index in [-0.39, 0.29) is 10.6 Å². The Balaban J connectivity index is 1.45. The average Bonchev–Trinajstić information content (AvgIpc) is 2.79. The number of aromatic nitrogens is 2. The second-order valence-corrected chi connectivity index (χ2v) is 10.0. The molecule has 0 N–H and O–H groups in total. The maximum Gasteiger partial charge on any atom is 0.269 e. The van der Waals surface area contributed by atoms with Crippen molar-refractivity contribution in [2.75, 3.05) is 69.2 Å². The lowest BCUT2D eigenvalue weighted by Gasteiger charge is -2.36. The number of anilines is 2. The van der Waals surface area contributed by atoms with Gasteiger partial charge in [0.25, 0.3) is 5.69 Å². The van der Waals surface area contributed by atoms with Crippen molar-refractivity contribution in [3.05, 3.63) is 46.3 Å². The largest absolute Gasteiger partial charge is 0.354 e. The van der Waals surface area contributed by atoms with E-state index in [9.17, 15) is 18.5 Å². The van der Waals surface area contributed by atoms with Crippen molar-refractivity contribution in [3.63, 3.8) is 0 Å². The number of aryl methyl sites for hydroxylation is 1. The van der Waals surface area contributed by atoms with E-state index in [2.05, 4.69) is 31.7 Å². The Bertz CT molecular complexity index is 1080. The Kier molecular flexibility index (Phi) is 6.26. The van der Waals surface area contributed by atoms with Gasteiger partial charge in [-0.2, -0.15) is 4.31 Å². The van der Waals surface area contributed by atoms with E-state index >= 15 is 0 Å². The second kappa shape index (κ2) is 8.96. The molecule has 0 bridgehead atoms. The lowest BCUT2D eigenvalue weighted by Crippen LogP contribution is -2.49. The number of likely N-dealkylation sites (N-methyl/N-ethyl adjacent to an activating group) is 1. The number of benzene rings is 1. The summed E-state index contributed by atoms with van der Waals surface area (Å²) >= 11 is 0. The molecule has 172 valence electrons. The predicted molar refractivity (Wildman–Crippen MR) is 121 cm³/mol. The van der Waals surface area contributed by atoms with Gasteiger partial charge >= 0.3 is 0 Å². The van der Waals surface area contributed by atoms with Gasteiger partial charge in [-0.1, -0.05) is 0 Å². The molecule has 4 rings (SSSR count). The maximum absolute atomic E-state index is 13.0. The summed E-state index contributed by atoms with van der Waals surface area (Å²) in [5.74, 6) is 2.40. The van der Waals surface area contributed by atoms with Crippen molar-refractivity contribution in [2.24, 2.45) is 0 Å². The third kappa shape index (κ3) is 4.66. The normalized spacial score (nSPS) is 18.7. The molecule has 1 aromatic heterocycles. The van der Waals surface area contributed by atoms with Crippen LogP contribution in [0.15, 0.2) is 35.2 Å². The summed E-state index contributed by atoms with van der Waals surface area (Å²) < 4.78 is 27.3. The minimum absolute atomic E-state index is 0.0618. The fraction of sp³-hybridized carbons (Fsp3) is 0.500. The smallest absolute Gasteiger partial charge is 0.269 e. The number of nitro groups is 1. The highest BCUT2D eigenvalue weighted by molar-refractivity contribution is 7.89. The summed E-state index contributed by atoms with van der Waals surface area (Å²) in [7, 11) is -1.60. The fourth-order valence-electron chi connectivity index (χ4n) is 3.94. The molecule has 0 spiro atoms. The summed E-state index contributed by atoms with van der Waals surface area (Å²) in [5.41, 5.74) is -0.135. The highest BCUT2D eigenvalue weighted by Gasteiger charge is 2.30. The molecule has 0 radical (unpaired) electrons. The Morgan fingerprint density at radius 1 is 0.875 bits per heavy atom. The Morgan fingerprint density at radius 3 is 1.88 bits per heavy atom. The number of non-ortho nitro benzene ring substituents is 1. The Labute approximate surface area is 187 Å². The molecular formula is C20H27N7O4S. The van der Waals surface area contributed by atoms with Gasteiger partial charge < -0.3 is 14.7 Å². The van der Waals surface area contributed by atoms with Crippen LogP contribution in [0.25, 0.3) is 0 Å². The SMILES string of the molecule is Cc1nc(N2CCN(C)CC2)cc(N2CCN(S(=O)(=O)c3ccc([N+](=O)[O-])cc3)CC2)n1. The molecule has 2 saturated heterocycles. The highest BCUT2D eigenvalue weighted by atomic mass is 32.2. The van der Waals surface area contributed by atoms with Gasteiger partial charge in [0.2, 0.25) is 10.0 Å². The fourth-order valence-corrected chi connectivity index (χ4v) is 5.36. The van der Waals surface area contributed by atoms with Gasteiger partial charge in [-0.05, 0) is 26.1 Å². The molecule has 0 aliphatic carbocycles. The standard InChI is InChI=1S/C20H27N7O4S/c1-16-21-19(24-9-7-23(2)8-10-24)15-20(22-16)25-11-13-26(14-12-25)32(30,31)18-5-3-17(4-6-18)27(28)29/h3-6,15H,7-14H2,1-2H3. The average molecular weight is 462 g/mol. The van der Waals surface area contributed by atoms with E-state index in [0.29, 0.717) is 32.0 Å². The zero-order chi connectivity index (χ0) is 22.9. The minimum Gasteiger partial charge on any atom is -0.354 e. The third-order valence-corrected chi connectivity index (χ3v) is 7.80. The number of nitrogens with zero attached hydrogens (tertiary/aromatic N) is 7. The van der Waals surface area contributed by atoms with E-state index in [1.165, 1.54) is 28.6 Å². The summed E-state index contributed by atoms with van der Waals surface area (Å²) in [4.78, 5) is 26.2. The first-order valence-corrected chi connectivity index (χ1v) is 12.0. The molecule has 32 heavy (non-hydrogen) atoms. The molecule has 0 saturated carbocycles. The van der Waals surface area contributed by atoms with Crippen LogP contribution in [0.4, 0.5) is 17.3 Å². The molecule has 2 aliphatic heterocycles. The number of sulfonamides is 1.